The van der Waals surface area contributed by atoms with Crippen molar-refractivity contribution in [2.75, 3.05) is 20.8 Å². The van der Waals surface area contributed by atoms with E-state index in [1.807, 2.05) is 48.5 Å². The second-order valence-corrected chi connectivity index (χ2v) is 8.26. The van der Waals surface area contributed by atoms with E-state index < -0.39 is 23.9 Å². The third kappa shape index (κ3) is 4.59. The Morgan fingerprint density at radius 3 is 2.21 bits per heavy atom. The fourth-order valence-electron chi connectivity index (χ4n) is 4.46. The number of ether oxygens (including phenoxy) is 2. The lowest BCUT2D eigenvalue weighted by atomic mass is 9.98. The van der Waals surface area contributed by atoms with E-state index in [9.17, 15) is 19.1 Å². The van der Waals surface area contributed by atoms with Crippen LogP contribution in [0.4, 0.5) is 9.18 Å². The number of rotatable bonds is 8. The first-order chi connectivity index (χ1) is 16.4. The predicted molar refractivity (Wildman–Crippen MR) is 126 cm³/mol. The molecule has 0 aromatic heterocycles. The van der Waals surface area contributed by atoms with Gasteiger partial charge in [0.05, 0.1) is 7.11 Å². The number of nitrogens with zero attached hydrogens (tertiary/aromatic N) is 1. The summed E-state index contributed by atoms with van der Waals surface area (Å²) in [5.74, 6) is -1.40. The number of halogens is 1. The van der Waals surface area contributed by atoms with Crippen LogP contribution in [0.25, 0.3) is 11.1 Å². The van der Waals surface area contributed by atoms with Gasteiger partial charge in [-0.25, -0.2) is 14.0 Å². The number of aliphatic carboxylic acids is 1. The Bertz CT molecular complexity index is 1170. The van der Waals surface area contributed by atoms with E-state index in [1.165, 1.54) is 20.2 Å². The highest BCUT2D eigenvalue weighted by Gasteiger charge is 2.32. The summed E-state index contributed by atoms with van der Waals surface area (Å²) in [7, 11) is 2.83. The van der Waals surface area contributed by atoms with Gasteiger partial charge in [-0.3, -0.25) is 4.90 Å². The Morgan fingerprint density at radius 1 is 1.03 bits per heavy atom. The number of amides is 1. The maximum atomic E-state index is 14.3. The van der Waals surface area contributed by atoms with Gasteiger partial charge >= 0.3 is 12.1 Å². The van der Waals surface area contributed by atoms with Crippen molar-refractivity contribution in [2.45, 2.75) is 24.8 Å². The van der Waals surface area contributed by atoms with Gasteiger partial charge in [0.2, 0.25) is 0 Å². The number of carboxylic acid groups (broad SMARTS) is 1. The molecule has 7 heteroatoms. The van der Waals surface area contributed by atoms with Crippen molar-refractivity contribution in [3.63, 3.8) is 0 Å². The smallest absolute Gasteiger partial charge is 0.410 e. The zero-order valence-corrected chi connectivity index (χ0v) is 19.0. The molecule has 3 aromatic rings. The molecule has 1 aliphatic carbocycles. The second kappa shape index (κ2) is 9.95. The third-order valence-corrected chi connectivity index (χ3v) is 6.32. The van der Waals surface area contributed by atoms with Crippen LogP contribution >= 0.6 is 0 Å². The van der Waals surface area contributed by atoms with E-state index in [4.69, 9.17) is 9.47 Å². The van der Waals surface area contributed by atoms with E-state index in [0.717, 1.165) is 27.2 Å². The van der Waals surface area contributed by atoms with Gasteiger partial charge in [-0.1, -0.05) is 54.6 Å². The van der Waals surface area contributed by atoms with E-state index >= 15 is 0 Å². The summed E-state index contributed by atoms with van der Waals surface area (Å²) in [4.78, 5) is 25.7. The molecule has 176 valence electrons. The van der Waals surface area contributed by atoms with Gasteiger partial charge in [-0.05, 0) is 46.7 Å². The van der Waals surface area contributed by atoms with Crippen molar-refractivity contribution in [1.29, 1.82) is 0 Å². The van der Waals surface area contributed by atoms with Crippen LogP contribution in [0.1, 0.15) is 29.0 Å². The minimum absolute atomic E-state index is 0.0409. The molecular weight excluding hydrogens is 437 g/mol. The molecule has 0 bridgehead atoms. The number of methoxy groups -OCH3 is 1. The normalized spacial score (nSPS) is 13.0. The number of carbonyl (C=O) groups excluding carboxylic acids is 1. The van der Waals surface area contributed by atoms with Crippen molar-refractivity contribution < 1.29 is 28.6 Å². The average Bonchev–Trinajstić information content (AvgIpc) is 3.16. The van der Waals surface area contributed by atoms with Crippen LogP contribution in [-0.2, 0) is 16.0 Å². The molecule has 0 saturated carbocycles. The molecule has 0 radical (unpaired) electrons. The van der Waals surface area contributed by atoms with Crippen LogP contribution in [0, 0.1) is 5.82 Å². The number of carboxylic acids is 1. The summed E-state index contributed by atoms with van der Waals surface area (Å²) in [5, 5.41) is 9.70. The molecule has 3 aromatic carbocycles. The standard InChI is InChI=1S/C27H26FNO5/c1-29(25(26(30)31)14-12-17-11-13-18(33-2)15-24(17)28)27(32)34-16-23-21-9-5-3-7-19(21)20-8-4-6-10-22(20)23/h3-11,13,15,23,25H,12,14,16H2,1-2H3,(H,30,31). The monoisotopic (exact) mass is 463 g/mol. The quantitative estimate of drug-likeness (QED) is 0.503. The molecular formula is C27H26FNO5. The predicted octanol–water partition coefficient (Wildman–Crippen LogP) is 5.10. The van der Waals surface area contributed by atoms with Gasteiger partial charge in [-0.2, -0.15) is 0 Å². The second-order valence-electron chi connectivity index (χ2n) is 8.26. The molecule has 1 atom stereocenters. The Kier molecular flexibility index (Phi) is 6.82. The summed E-state index contributed by atoms with van der Waals surface area (Å²) in [6.45, 7) is 0.0939. The molecule has 4 rings (SSSR count). The molecule has 6 nitrogen and oxygen atoms in total. The topological polar surface area (TPSA) is 76.1 Å². The van der Waals surface area contributed by atoms with Crippen molar-refractivity contribution in [1.82, 2.24) is 4.90 Å². The van der Waals surface area contributed by atoms with Crippen LogP contribution in [0.3, 0.4) is 0 Å². The van der Waals surface area contributed by atoms with Crippen LogP contribution < -0.4 is 4.74 Å². The summed E-state index contributed by atoms with van der Waals surface area (Å²) < 4.78 is 24.8. The lowest BCUT2D eigenvalue weighted by molar-refractivity contribution is -0.142. The molecule has 0 fully saturated rings. The van der Waals surface area contributed by atoms with Crippen LogP contribution in [0.2, 0.25) is 0 Å². The maximum absolute atomic E-state index is 14.3. The summed E-state index contributed by atoms with van der Waals surface area (Å²) in [5.41, 5.74) is 4.72. The van der Waals surface area contributed by atoms with Gasteiger partial charge in [0.15, 0.2) is 0 Å². The van der Waals surface area contributed by atoms with E-state index in [2.05, 4.69) is 0 Å². The van der Waals surface area contributed by atoms with Crippen molar-refractivity contribution in [2.24, 2.45) is 0 Å². The van der Waals surface area contributed by atoms with E-state index in [0.29, 0.717) is 11.3 Å². The van der Waals surface area contributed by atoms with Gasteiger partial charge in [0.1, 0.15) is 24.2 Å². The zero-order valence-electron chi connectivity index (χ0n) is 19.0. The first-order valence-corrected chi connectivity index (χ1v) is 11.0. The SMILES string of the molecule is COc1ccc(CCC(C(=O)O)N(C)C(=O)OCC2c3ccccc3-c3ccccc32)c(F)c1. The molecule has 0 heterocycles. The Balaban J connectivity index is 1.42. The Labute approximate surface area is 197 Å². The summed E-state index contributed by atoms with van der Waals surface area (Å²) in [6.07, 6.45) is -0.544. The van der Waals surface area contributed by atoms with Crippen molar-refractivity contribution >= 4 is 12.1 Å². The largest absolute Gasteiger partial charge is 0.497 e. The highest BCUT2D eigenvalue weighted by Crippen LogP contribution is 2.44. The van der Waals surface area contributed by atoms with Crippen LogP contribution in [0.5, 0.6) is 5.75 Å². The summed E-state index contributed by atoms with van der Waals surface area (Å²) in [6, 6.07) is 19.2. The number of hydrogen-bond acceptors (Lipinski definition) is 4. The molecule has 0 saturated heterocycles. The van der Waals surface area contributed by atoms with Crippen molar-refractivity contribution in [3.05, 3.63) is 89.2 Å². The molecule has 1 N–H and O–H groups in total. The number of fused-ring (bicyclic) bond motifs is 3. The first-order valence-electron chi connectivity index (χ1n) is 11.0. The van der Waals surface area contributed by atoms with Gasteiger partial charge in [-0.15, -0.1) is 0 Å². The lowest BCUT2D eigenvalue weighted by Crippen LogP contribution is -2.43. The number of aryl methyl sites for hydroxylation is 1. The first kappa shape index (κ1) is 23.3. The zero-order chi connectivity index (χ0) is 24.2. The minimum Gasteiger partial charge on any atom is -0.497 e. The molecule has 1 amide bonds. The van der Waals surface area contributed by atoms with Crippen molar-refractivity contribution in [3.8, 4) is 16.9 Å². The Hall–Kier alpha value is -3.87. The van der Waals surface area contributed by atoms with E-state index in [1.54, 1.807) is 12.1 Å². The van der Waals surface area contributed by atoms with Crippen LogP contribution in [0.15, 0.2) is 66.7 Å². The van der Waals surface area contributed by atoms with Gasteiger partial charge in [0.25, 0.3) is 0 Å². The number of benzene rings is 3. The number of hydrogen-bond donors (Lipinski definition) is 1. The highest BCUT2D eigenvalue weighted by atomic mass is 19.1. The minimum atomic E-state index is -1.18. The molecule has 0 spiro atoms. The third-order valence-electron chi connectivity index (χ3n) is 6.32. The fraction of sp³-hybridized carbons (Fsp3) is 0.259. The number of likely N-dealkylation sites (N-methyl/N-ethyl adjacent to an activating group) is 1. The Morgan fingerprint density at radius 2 is 1.65 bits per heavy atom. The highest BCUT2D eigenvalue weighted by molar-refractivity contribution is 5.81. The maximum Gasteiger partial charge on any atom is 0.410 e. The lowest BCUT2D eigenvalue weighted by Gasteiger charge is -2.25. The molecule has 34 heavy (non-hydrogen) atoms. The average molecular weight is 464 g/mol. The molecule has 1 aliphatic rings. The molecule has 0 aliphatic heterocycles. The molecule has 1 unspecified atom stereocenters. The van der Waals surface area contributed by atoms with E-state index in [-0.39, 0.29) is 25.4 Å². The fourth-order valence-corrected chi connectivity index (χ4v) is 4.46. The number of carbonyl (C=O) groups is 2. The summed E-state index contributed by atoms with van der Waals surface area (Å²) >= 11 is 0. The van der Waals surface area contributed by atoms with Gasteiger partial charge in [0, 0.05) is 19.0 Å². The van der Waals surface area contributed by atoms with Crippen LogP contribution in [-0.4, -0.2) is 48.9 Å². The van der Waals surface area contributed by atoms with Gasteiger partial charge < -0.3 is 14.6 Å².